The summed E-state index contributed by atoms with van der Waals surface area (Å²) in [5.41, 5.74) is 3.66. The Morgan fingerprint density at radius 2 is 1.62 bits per heavy atom. The Bertz CT molecular complexity index is 1040. The molecule has 0 aliphatic carbocycles. The van der Waals surface area contributed by atoms with E-state index in [1.54, 1.807) is 7.11 Å². The number of hydrogen-bond donors (Lipinski definition) is 0. The summed E-state index contributed by atoms with van der Waals surface area (Å²) in [5, 5.41) is 3.23. The summed E-state index contributed by atoms with van der Waals surface area (Å²) in [7, 11) is 1.67. The van der Waals surface area contributed by atoms with Crippen LogP contribution in [0.15, 0.2) is 66.7 Å². The number of hydrogen-bond acceptors (Lipinski definition) is 2. The molecule has 1 heterocycles. The van der Waals surface area contributed by atoms with E-state index in [0.29, 0.717) is 12.3 Å². The molecule has 0 saturated carbocycles. The predicted octanol–water partition coefficient (Wildman–Crippen LogP) is 4.88. The number of methoxy groups -OCH3 is 1. The average molecular weight is 315 g/mol. The molecule has 0 aliphatic heterocycles. The van der Waals surface area contributed by atoms with E-state index >= 15 is 0 Å². The molecule has 0 aliphatic rings. The van der Waals surface area contributed by atoms with Crippen LogP contribution < -0.4 is 0 Å². The van der Waals surface area contributed by atoms with E-state index in [1.807, 2.05) is 42.5 Å². The Morgan fingerprint density at radius 1 is 0.917 bits per heavy atom. The van der Waals surface area contributed by atoms with E-state index in [9.17, 15) is 4.79 Å². The van der Waals surface area contributed by atoms with Crippen LogP contribution in [0, 0.1) is 0 Å². The van der Waals surface area contributed by atoms with Gasteiger partial charge in [0.2, 0.25) is 0 Å². The van der Waals surface area contributed by atoms with Crippen molar-refractivity contribution in [3.05, 3.63) is 72.3 Å². The highest BCUT2D eigenvalue weighted by Crippen LogP contribution is 2.36. The molecule has 1 aromatic heterocycles. The van der Waals surface area contributed by atoms with E-state index in [-0.39, 0.29) is 0 Å². The normalized spacial score (nSPS) is 11.2. The van der Waals surface area contributed by atoms with Gasteiger partial charge < -0.3 is 9.30 Å². The van der Waals surface area contributed by atoms with Crippen molar-refractivity contribution in [3.8, 4) is 11.3 Å². The fourth-order valence-electron chi connectivity index (χ4n) is 3.44. The molecule has 4 rings (SSSR count). The minimum atomic E-state index is 0.396. The fourth-order valence-corrected chi connectivity index (χ4v) is 3.44. The monoisotopic (exact) mass is 315 g/mol. The number of carbonyl (C=O) groups excluding carboxylic acids is 1. The molecule has 24 heavy (non-hydrogen) atoms. The SMILES string of the molecule is COCn1c(-c2cccc3ccccc23)c(C=O)c2ccccc21. The second-order valence-electron chi connectivity index (χ2n) is 5.77. The maximum atomic E-state index is 11.9. The van der Waals surface area contributed by atoms with Gasteiger partial charge in [-0.15, -0.1) is 0 Å². The van der Waals surface area contributed by atoms with Crippen molar-refractivity contribution in [3.63, 3.8) is 0 Å². The van der Waals surface area contributed by atoms with Crippen LogP contribution in [0.4, 0.5) is 0 Å². The molecule has 0 N–H and O–H groups in total. The van der Waals surface area contributed by atoms with Gasteiger partial charge in [0.25, 0.3) is 0 Å². The first-order chi connectivity index (χ1) is 11.8. The number of ether oxygens (including phenoxy) is 1. The lowest BCUT2D eigenvalue weighted by molar-refractivity contribution is 0.112. The minimum Gasteiger partial charge on any atom is -0.364 e. The van der Waals surface area contributed by atoms with Crippen molar-refractivity contribution in [2.75, 3.05) is 7.11 Å². The van der Waals surface area contributed by atoms with Gasteiger partial charge in [-0.2, -0.15) is 0 Å². The molecule has 4 aromatic rings. The average Bonchev–Trinajstić information content (AvgIpc) is 2.95. The minimum absolute atomic E-state index is 0.396. The lowest BCUT2D eigenvalue weighted by atomic mass is 9.99. The summed E-state index contributed by atoms with van der Waals surface area (Å²) in [6.45, 7) is 0.396. The molecule has 118 valence electrons. The van der Waals surface area contributed by atoms with Crippen LogP contribution in [0.1, 0.15) is 10.4 Å². The summed E-state index contributed by atoms with van der Waals surface area (Å²) < 4.78 is 7.49. The first-order valence-corrected chi connectivity index (χ1v) is 7.88. The van der Waals surface area contributed by atoms with Crippen molar-refractivity contribution in [2.45, 2.75) is 6.73 Å². The number of fused-ring (bicyclic) bond motifs is 2. The Kier molecular flexibility index (Phi) is 3.63. The molecule has 3 nitrogen and oxygen atoms in total. The molecular formula is C21H17NO2. The van der Waals surface area contributed by atoms with Gasteiger partial charge in [-0.1, -0.05) is 60.7 Å². The molecule has 0 radical (unpaired) electrons. The Balaban J connectivity index is 2.15. The van der Waals surface area contributed by atoms with Gasteiger partial charge in [-0.05, 0) is 16.8 Å². The molecule has 0 fully saturated rings. The van der Waals surface area contributed by atoms with E-state index in [0.717, 1.165) is 39.2 Å². The van der Waals surface area contributed by atoms with E-state index < -0.39 is 0 Å². The molecule has 3 heteroatoms. The van der Waals surface area contributed by atoms with Gasteiger partial charge in [-0.25, -0.2) is 0 Å². The lowest BCUT2D eigenvalue weighted by Crippen LogP contribution is -2.03. The molecule has 0 spiro atoms. The first-order valence-electron chi connectivity index (χ1n) is 7.88. The zero-order chi connectivity index (χ0) is 16.5. The molecule has 0 unspecified atom stereocenters. The summed E-state index contributed by atoms with van der Waals surface area (Å²) in [4.78, 5) is 11.9. The van der Waals surface area contributed by atoms with Gasteiger partial charge in [0.05, 0.1) is 11.2 Å². The Morgan fingerprint density at radius 3 is 2.42 bits per heavy atom. The van der Waals surface area contributed by atoms with Crippen molar-refractivity contribution in [2.24, 2.45) is 0 Å². The molecule has 0 amide bonds. The van der Waals surface area contributed by atoms with Crippen LogP contribution in [0.5, 0.6) is 0 Å². The second-order valence-corrected chi connectivity index (χ2v) is 5.77. The molecule has 0 saturated heterocycles. The fraction of sp³-hybridized carbons (Fsp3) is 0.0952. The quantitative estimate of drug-likeness (QED) is 0.503. The van der Waals surface area contributed by atoms with E-state index in [2.05, 4.69) is 28.8 Å². The van der Waals surface area contributed by atoms with Crippen LogP contribution in [0.3, 0.4) is 0 Å². The number of benzene rings is 3. The number of aromatic nitrogens is 1. The molecule has 0 atom stereocenters. The summed E-state index contributed by atoms with van der Waals surface area (Å²) in [6, 6.07) is 22.4. The van der Waals surface area contributed by atoms with Crippen LogP contribution in [0.2, 0.25) is 0 Å². The standard InChI is InChI=1S/C21H17NO2/c1-24-14-22-20-12-5-4-10-17(20)19(13-23)21(22)18-11-6-8-15-7-2-3-9-16(15)18/h2-13H,14H2,1H3. The van der Waals surface area contributed by atoms with Gasteiger partial charge >= 0.3 is 0 Å². The van der Waals surface area contributed by atoms with Crippen LogP contribution in [-0.2, 0) is 11.5 Å². The largest absolute Gasteiger partial charge is 0.364 e. The third-order valence-electron chi connectivity index (χ3n) is 4.43. The van der Waals surface area contributed by atoms with Gasteiger partial charge in [0, 0.05) is 23.6 Å². The summed E-state index contributed by atoms with van der Waals surface area (Å²) in [6.07, 6.45) is 0.950. The van der Waals surface area contributed by atoms with Crippen molar-refractivity contribution < 1.29 is 9.53 Å². The maximum Gasteiger partial charge on any atom is 0.152 e. The number of nitrogens with zero attached hydrogens (tertiary/aromatic N) is 1. The smallest absolute Gasteiger partial charge is 0.152 e. The maximum absolute atomic E-state index is 11.9. The third-order valence-corrected chi connectivity index (χ3v) is 4.43. The highest BCUT2D eigenvalue weighted by Gasteiger charge is 2.19. The van der Waals surface area contributed by atoms with Gasteiger partial charge in [0.15, 0.2) is 6.29 Å². The molecular weight excluding hydrogens is 298 g/mol. The summed E-state index contributed by atoms with van der Waals surface area (Å²) in [5.74, 6) is 0. The van der Waals surface area contributed by atoms with Crippen molar-refractivity contribution >= 4 is 28.0 Å². The predicted molar refractivity (Wildman–Crippen MR) is 97.3 cm³/mol. The van der Waals surface area contributed by atoms with Crippen molar-refractivity contribution in [1.29, 1.82) is 0 Å². The van der Waals surface area contributed by atoms with E-state index in [4.69, 9.17) is 4.74 Å². The Labute approximate surface area is 140 Å². The third kappa shape index (κ3) is 2.14. The second kappa shape index (κ2) is 5.95. The number of para-hydroxylation sites is 1. The first kappa shape index (κ1) is 14.7. The van der Waals surface area contributed by atoms with Gasteiger partial charge in [-0.3, -0.25) is 4.79 Å². The summed E-state index contributed by atoms with van der Waals surface area (Å²) >= 11 is 0. The lowest BCUT2D eigenvalue weighted by Gasteiger charge is -2.12. The van der Waals surface area contributed by atoms with Gasteiger partial charge in [0.1, 0.15) is 6.73 Å². The van der Waals surface area contributed by atoms with Crippen LogP contribution >= 0.6 is 0 Å². The highest BCUT2D eigenvalue weighted by molar-refractivity contribution is 6.09. The van der Waals surface area contributed by atoms with Crippen molar-refractivity contribution in [1.82, 2.24) is 4.57 Å². The number of rotatable bonds is 4. The highest BCUT2D eigenvalue weighted by atomic mass is 16.5. The Hall–Kier alpha value is -2.91. The zero-order valence-electron chi connectivity index (χ0n) is 13.4. The topological polar surface area (TPSA) is 31.2 Å². The number of aldehydes is 1. The van der Waals surface area contributed by atoms with Crippen LogP contribution in [-0.4, -0.2) is 18.0 Å². The molecule has 3 aromatic carbocycles. The van der Waals surface area contributed by atoms with Crippen LogP contribution in [0.25, 0.3) is 32.9 Å². The zero-order valence-corrected chi connectivity index (χ0v) is 13.4. The number of carbonyl (C=O) groups is 1. The molecule has 0 bridgehead atoms. The van der Waals surface area contributed by atoms with E-state index in [1.165, 1.54) is 0 Å².